The molecule has 0 unspecified atom stereocenters. The molecule has 0 fully saturated rings. The van der Waals surface area contributed by atoms with Crippen molar-refractivity contribution in [3.05, 3.63) is 72.1 Å². The molecule has 2 aromatic rings. The third-order valence-electron chi connectivity index (χ3n) is 2.52. The van der Waals surface area contributed by atoms with Crippen molar-refractivity contribution in [3.63, 3.8) is 0 Å². The van der Waals surface area contributed by atoms with Crippen LogP contribution in [0.3, 0.4) is 0 Å². The van der Waals surface area contributed by atoms with Crippen LogP contribution in [0, 0.1) is 13.8 Å². The van der Waals surface area contributed by atoms with Gasteiger partial charge < -0.3 is 0 Å². The zero-order chi connectivity index (χ0) is 11.4. The molecule has 2 aromatic carbocycles. The van der Waals surface area contributed by atoms with Gasteiger partial charge in [-0.1, -0.05) is 48.5 Å². The van der Waals surface area contributed by atoms with Gasteiger partial charge in [-0.05, 0) is 30.5 Å². The number of aryl methyl sites for hydroxylation is 1. The summed E-state index contributed by atoms with van der Waals surface area (Å²) < 4.78 is 0. The van der Waals surface area contributed by atoms with Crippen LogP contribution in [0.1, 0.15) is 16.7 Å². The number of hydrogen-bond acceptors (Lipinski definition) is 1. The maximum absolute atomic E-state index is 4.07. The molecule has 0 aromatic heterocycles. The molecule has 81 valence electrons. The van der Waals surface area contributed by atoms with Crippen molar-refractivity contribution in [1.29, 1.82) is 0 Å². The molecule has 0 heterocycles. The van der Waals surface area contributed by atoms with Crippen LogP contribution >= 0.6 is 11.8 Å². The summed E-state index contributed by atoms with van der Waals surface area (Å²) in [6.45, 7) is 6.21. The van der Waals surface area contributed by atoms with Crippen molar-refractivity contribution in [3.8, 4) is 0 Å². The Labute approximate surface area is 102 Å². The van der Waals surface area contributed by atoms with Gasteiger partial charge >= 0.3 is 0 Å². The summed E-state index contributed by atoms with van der Waals surface area (Å²) >= 11 is 1.86. The zero-order valence-corrected chi connectivity index (χ0v) is 10.3. The molecule has 1 radical (unpaired) electrons. The minimum Gasteiger partial charge on any atom is -0.121 e. The normalized spacial score (nSPS) is 10.4. The van der Waals surface area contributed by atoms with E-state index in [4.69, 9.17) is 0 Å². The second kappa shape index (κ2) is 5.22. The van der Waals surface area contributed by atoms with Gasteiger partial charge in [-0.25, -0.2) is 0 Å². The molecule has 0 saturated heterocycles. The highest BCUT2D eigenvalue weighted by molar-refractivity contribution is 7.98. The van der Waals surface area contributed by atoms with Gasteiger partial charge in [-0.2, -0.15) is 0 Å². The van der Waals surface area contributed by atoms with E-state index in [0.717, 1.165) is 11.3 Å². The summed E-state index contributed by atoms with van der Waals surface area (Å²) in [4.78, 5) is 1.31. The fraction of sp³-hybridized carbons (Fsp3) is 0.133. The average molecular weight is 227 g/mol. The van der Waals surface area contributed by atoms with Crippen LogP contribution in [-0.2, 0) is 5.75 Å². The molecule has 0 atom stereocenters. The monoisotopic (exact) mass is 227 g/mol. The summed E-state index contributed by atoms with van der Waals surface area (Å²) in [7, 11) is 0. The van der Waals surface area contributed by atoms with Gasteiger partial charge in [-0.15, -0.1) is 11.8 Å². The minimum absolute atomic E-state index is 1.01. The Morgan fingerprint density at radius 2 is 1.75 bits per heavy atom. The highest BCUT2D eigenvalue weighted by Crippen LogP contribution is 2.28. The number of rotatable bonds is 3. The van der Waals surface area contributed by atoms with E-state index >= 15 is 0 Å². The molecule has 0 aliphatic carbocycles. The molecular formula is C15H15S. The number of thioether (sulfide) groups is 1. The fourth-order valence-corrected chi connectivity index (χ4v) is 2.70. The van der Waals surface area contributed by atoms with E-state index in [2.05, 4.69) is 62.4 Å². The second-order valence-corrected chi connectivity index (χ2v) is 4.82. The Hall–Kier alpha value is -1.21. The van der Waals surface area contributed by atoms with Crippen LogP contribution in [0.2, 0.25) is 0 Å². The average Bonchev–Trinajstić information content (AvgIpc) is 2.30. The quantitative estimate of drug-likeness (QED) is 0.697. The largest absolute Gasteiger partial charge is 0.121 e. The molecule has 0 bridgehead atoms. The first-order valence-electron chi connectivity index (χ1n) is 5.35. The zero-order valence-electron chi connectivity index (χ0n) is 9.44. The van der Waals surface area contributed by atoms with Gasteiger partial charge in [0.15, 0.2) is 0 Å². The predicted molar refractivity (Wildman–Crippen MR) is 71.6 cm³/mol. The number of benzene rings is 2. The van der Waals surface area contributed by atoms with Crippen molar-refractivity contribution in [2.45, 2.75) is 17.6 Å². The summed E-state index contributed by atoms with van der Waals surface area (Å²) in [6, 6.07) is 16.8. The SMILES string of the molecule is [CH2]c1cccc(C)c1SCc1ccccc1. The standard InChI is InChI=1S/C15H15S/c1-12-7-6-8-13(2)15(12)16-11-14-9-4-3-5-10-14/h3-10H,1,11H2,2H3. The topological polar surface area (TPSA) is 0 Å². The van der Waals surface area contributed by atoms with Crippen LogP contribution in [0.25, 0.3) is 0 Å². The van der Waals surface area contributed by atoms with Gasteiger partial charge in [0.25, 0.3) is 0 Å². The Kier molecular flexibility index (Phi) is 3.68. The first kappa shape index (κ1) is 11.3. The van der Waals surface area contributed by atoms with E-state index < -0.39 is 0 Å². The molecule has 0 aliphatic rings. The van der Waals surface area contributed by atoms with Crippen LogP contribution in [0.15, 0.2) is 53.4 Å². The Morgan fingerprint density at radius 3 is 2.44 bits per heavy atom. The smallest absolute Gasteiger partial charge is 0.0232 e. The molecule has 0 nitrogen and oxygen atoms in total. The minimum atomic E-state index is 1.01. The maximum Gasteiger partial charge on any atom is 0.0232 e. The van der Waals surface area contributed by atoms with E-state index in [1.165, 1.54) is 16.0 Å². The highest BCUT2D eigenvalue weighted by Gasteiger charge is 2.02. The van der Waals surface area contributed by atoms with Crippen molar-refractivity contribution >= 4 is 11.8 Å². The molecule has 1 heteroatoms. The molecule has 0 spiro atoms. The second-order valence-electron chi connectivity index (χ2n) is 3.84. The summed E-state index contributed by atoms with van der Waals surface area (Å²) in [6.07, 6.45) is 0. The van der Waals surface area contributed by atoms with Gasteiger partial charge in [0.1, 0.15) is 0 Å². The lowest BCUT2D eigenvalue weighted by molar-refractivity contribution is 1.25. The lowest BCUT2D eigenvalue weighted by Gasteiger charge is -2.08. The van der Waals surface area contributed by atoms with E-state index in [-0.39, 0.29) is 0 Å². The van der Waals surface area contributed by atoms with Crippen LogP contribution in [-0.4, -0.2) is 0 Å². The summed E-state index contributed by atoms with van der Waals surface area (Å²) in [5, 5.41) is 0. The lowest BCUT2D eigenvalue weighted by atomic mass is 10.2. The predicted octanol–water partition coefficient (Wildman–Crippen LogP) is 4.47. The van der Waals surface area contributed by atoms with Gasteiger partial charge in [0.2, 0.25) is 0 Å². The molecule has 0 amide bonds. The van der Waals surface area contributed by atoms with Gasteiger partial charge in [0, 0.05) is 10.6 Å². The van der Waals surface area contributed by atoms with E-state index in [0.29, 0.717) is 0 Å². The molecule has 0 N–H and O–H groups in total. The number of hydrogen-bond donors (Lipinski definition) is 0. The van der Waals surface area contributed by atoms with Gasteiger partial charge in [-0.3, -0.25) is 0 Å². The third kappa shape index (κ3) is 2.67. The Bertz CT molecular complexity index is 440. The van der Waals surface area contributed by atoms with E-state index in [9.17, 15) is 0 Å². The van der Waals surface area contributed by atoms with Gasteiger partial charge in [0.05, 0.1) is 0 Å². The molecular weight excluding hydrogens is 212 g/mol. The molecule has 16 heavy (non-hydrogen) atoms. The third-order valence-corrected chi connectivity index (χ3v) is 3.87. The lowest BCUT2D eigenvalue weighted by Crippen LogP contribution is -1.86. The van der Waals surface area contributed by atoms with Crippen LogP contribution in [0.4, 0.5) is 0 Å². The summed E-state index contributed by atoms with van der Waals surface area (Å²) in [5.74, 6) is 1.01. The fourth-order valence-electron chi connectivity index (χ4n) is 1.65. The van der Waals surface area contributed by atoms with Crippen LogP contribution < -0.4 is 0 Å². The van der Waals surface area contributed by atoms with Crippen LogP contribution in [0.5, 0.6) is 0 Å². The highest BCUT2D eigenvalue weighted by atomic mass is 32.2. The Balaban J connectivity index is 2.11. The molecule has 0 saturated carbocycles. The first-order chi connectivity index (χ1) is 7.77. The summed E-state index contributed by atoms with van der Waals surface area (Å²) in [5.41, 5.74) is 3.80. The van der Waals surface area contributed by atoms with Crippen molar-refractivity contribution < 1.29 is 0 Å². The molecule has 2 rings (SSSR count). The maximum atomic E-state index is 4.07. The van der Waals surface area contributed by atoms with Crippen molar-refractivity contribution in [1.82, 2.24) is 0 Å². The van der Waals surface area contributed by atoms with Crippen molar-refractivity contribution in [2.24, 2.45) is 0 Å². The molecule has 0 aliphatic heterocycles. The van der Waals surface area contributed by atoms with E-state index in [1.54, 1.807) is 0 Å². The van der Waals surface area contributed by atoms with Crippen molar-refractivity contribution in [2.75, 3.05) is 0 Å². The first-order valence-corrected chi connectivity index (χ1v) is 6.34. The van der Waals surface area contributed by atoms with E-state index in [1.807, 2.05) is 11.8 Å². The Morgan fingerprint density at radius 1 is 1.00 bits per heavy atom.